The molecule has 1 aliphatic rings. The number of aromatic nitrogens is 2. The minimum Gasteiger partial charge on any atom is -0.504 e. The molecule has 1 aromatic heterocycles. The van der Waals surface area contributed by atoms with Gasteiger partial charge in [0.25, 0.3) is 0 Å². The molecule has 0 fully saturated rings. The summed E-state index contributed by atoms with van der Waals surface area (Å²) in [6.07, 6.45) is 1.68. The smallest absolute Gasteiger partial charge is 0.409 e. The molecule has 2 heterocycles. The number of aromatic hydroxyl groups is 1. The Kier molecular flexibility index (Phi) is 5.97. The molecule has 1 aromatic carbocycles. The Hall–Kier alpha value is -3.93. The van der Waals surface area contributed by atoms with Crippen molar-refractivity contribution in [2.45, 2.75) is 5.37 Å². The quantitative estimate of drug-likeness (QED) is 0.150. The molecule has 156 valence electrons. The summed E-state index contributed by atoms with van der Waals surface area (Å²) in [5.74, 6) is -0.907. The Balaban J connectivity index is 1.88. The van der Waals surface area contributed by atoms with Crippen molar-refractivity contribution < 1.29 is 24.5 Å². The SMILES string of the molecule is C=C(C(=O)Oc1cc(N)ccc1O)N1C=C(NC(=O)O)S[C@H]1c1ccnc(NC)n1. The van der Waals surface area contributed by atoms with Crippen molar-refractivity contribution >= 4 is 35.5 Å². The van der Waals surface area contributed by atoms with E-state index in [1.807, 2.05) is 0 Å². The third-order valence-electron chi connectivity index (χ3n) is 3.87. The molecule has 1 aliphatic heterocycles. The van der Waals surface area contributed by atoms with Gasteiger partial charge >= 0.3 is 12.1 Å². The highest BCUT2D eigenvalue weighted by molar-refractivity contribution is 8.03. The van der Waals surface area contributed by atoms with E-state index in [1.54, 1.807) is 13.1 Å². The number of rotatable bonds is 6. The fourth-order valence-corrected chi connectivity index (χ4v) is 3.61. The first-order valence-corrected chi connectivity index (χ1v) is 9.33. The van der Waals surface area contributed by atoms with Crippen molar-refractivity contribution in [1.82, 2.24) is 20.2 Å². The number of thioether (sulfide) groups is 1. The van der Waals surface area contributed by atoms with Gasteiger partial charge < -0.3 is 30.9 Å². The number of phenolic OH excluding ortho intramolecular Hbond substituents is 1. The Morgan fingerprint density at radius 3 is 2.83 bits per heavy atom. The highest BCUT2D eigenvalue weighted by atomic mass is 32.2. The van der Waals surface area contributed by atoms with Gasteiger partial charge in [-0.2, -0.15) is 0 Å². The summed E-state index contributed by atoms with van der Waals surface area (Å²) in [6.45, 7) is 3.76. The summed E-state index contributed by atoms with van der Waals surface area (Å²) < 4.78 is 5.22. The second-order valence-corrected chi connectivity index (χ2v) is 7.04. The number of amides is 1. The van der Waals surface area contributed by atoms with Gasteiger partial charge in [-0.3, -0.25) is 5.32 Å². The topological polar surface area (TPSA) is 163 Å². The number of carbonyl (C=O) groups is 2. The maximum absolute atomic E-state index is 12.7. The molecule has 1 atom stereocenters. The van der Waals surface area contributed by atoms with E-state index < -0.39 is 17.4 Å². The summed E-state index contributed by atoms with van der Waals surface area (Å²) in [5.41, 5.74) is 6.34. The molecule has 1 amide bonds. The van der Waals surface area contributed by atoms with E-state index in [0.717, 1.165) is 11.8 Å². The molecular weight excluding hydrogens is 412 g/mol. The summed E-state index contributed by atoms with van der Waals surface area (Å²) in [4.78, 5) is 33.5. The van der Waals surface area contributed by atoms with E-state index in [0.29, 0.717) is 17.3 Å². The molecule has 0 spiro atoms. The highest BCUT2D eigenvalue weighted by Crippen LogP contribution is 2.44. The van der Waals surface area contributed by atoms with Crippen molar-refractivity contribution in [3.63, 3.8) is 0 Å². The summed E-state index contributed by atoms with van der Waals surface area (Å²) in [6, 6.07) is 5.68. The van der Waals surface area contributed by atoms with Gasteiger partial charge in [-0.05, 0) is 18.2 Å². The zero-order valence-corrected chi connectivity index (χ0v) is 16.5. The molecule has 0 aliphatic carbocycles. The number of nitrogens with one attached hydrogen (secondary N) is 2. The lowest BCUT2D eigenvalue weighted by atomic mass is 10.3. The van der Waals surface area contributed by atoms with Gasteiger partial charge in [0.05, 0.1) is 10.7 Å². The fraction of sp³-hybridized carbons (Fsp3) is 0.111. The first-order valence-electron chi connectivity index (χ1n) is 8.45. The predicted octanol–water partition coefficient (Wildman–Crippen LogP) is 2.04. The number of nitrogen functional groups attached to an aromatic ring is 1. The van der Waals surface area contributed by atoms with Gasteiger partial charge in [0, 0.05) is 31.2 Å². The van der Waals surface area contributed by atoms with Crippen LogP contribution in [0.3, 0.4) is 0 Å². The van der Waals surface area contributed by atoms with E-state index >= 15 is 0 Å². The minimum absolute atomic E-state index is 0.110. The van der Waals surface area contributed by atoms with Crippen LogP contribution < -0.4 is 21.1 Å². The van der Waals surface area contributed by atoms with Crippen molar-refractivity contribution in [1.29, 1.82) is 0 Å². The van der Waals surface area contributed by atoms with E-state index in [4.69, 9.17) is 15.6 Å². The van der Waals surface area contributed by atoms with Crippen LogP contribution in [-0.2, 0) is 4.79 Å². The van der Waals surface area contributed by atoms with Gasteiger partial charge in [0.2, 0.25) is 5.95 Å². The van der Waals surface area contributed by atoms with Crippen LogP contribution in [0.2, 0.25) is 0 Å². The molecule has 2 aromatic rings. The average molecular weight is 430 g/mol. The maximum Gasteiger partial charge on any atom is 0.409 e. The number of hydrogen-bond acceptors (Lipinski definition) is 10. The molecule has 6 N–H and O–H groups in total. The Morgan fingerprint density at radius 2 is 2.13 bits per heavy atom. The number of ether oxygens (including phenoxy) is 1. The Bertz CT molecular complexity index is 1040. The van der Waals surface area contributed by atoms with E-state index in [1.165, 1.54) is 35.5 Å². The van der Waals surface area contributed by atoms with Crippen LogP contribution in [-0.4, -0.2) is 44.2 Å². The number of nitrogens with two attached hydrogens (primary N) is 1. The van der Waals surface area contributed by atoms with E-state index in [-0.39, 0.29) is 22.2 Å². The van der Waals surface area contributed by atoms with Crippen LogP contribution in [0.5, 0.6) is 11.5 Å². The van der Waals surface area contributed by atoms with Gasteiger partial charge in [0.1, 0.15) is 11.1 Å². The molecule has 0 unspecified atom stereocenters. The number of hydrogen-bond donors (Lipinski definition) is 5. The average Bonchev–Trinajstić information content (AvgIpc) is 3.13. The molecule has 0 saturated heterocycles. The number of benzene rings is 1. The van der Waals surface area contributed by atoms with Crippen LogP contribution in [0.15, 0.2) is 54.0 Å². The number of carboxylic acid groups (broad SMARTS) is 1. The Morgan fingerprint density at radius 1 is 1.37 bits per heavy atom. The normalized spacial score (nSPS) is 15.3. The largest absolute Gasteiger partial charge is 0.504 e. The fourth-order valence-electron chi connectivity index (χ4n) is 2.50. The molecule has 30 heavy (non-hydrogen) atoms. The van der Waals surface area contributed by atoms with Crippen LogP contribution in [0.1, 0.15) is 11.1 Å². The maximum atomic E-state index is 12.7. The third-order valence-corrected chi connectivity index (χ3v) is 5.02. The second-order valence-electron chi connectivity index (χ2n) is 5.92. The van der Waals surface area contributed by atoms with Gasteiger partial charge in [-0.15, -0.1) is 0 Å². The van der Waals surface area contributed by atoms with Crippen molar-refractivity contribution in [2.75, 3.05) is 18.1 Å². The monoisotopic (exact) mass is 430 g/mol. The number of nitrogens with zero attached hydrogens (tertiary/aromatic N) is 3. The predicted molar refractivity (Wildman–Crippen MR) is 110 cm³/mol. The number of anilines is 2. The van der Waals surface area contributed by atoms with Crippen molar-refractivity contribution in [2.24, 2.45) is 0 Å². The molecule has 12 heteroatoms. The Labute approximate surface area is 175 Å². The van der Waals surface area contributed by atoms with E-state index in [2.05, 4.69) is 27.2 Å². The lowest BCUT2D eigenvalue weighted by Crippen LogP contribution is -2.26. The van der Waals surface area contributed by atoms with Crippen LogP contribution in [0.4, 0.5) is 16.4 Å². The summed E-state index contributed by atoms with van der Waals surface area (Å²) in [7, 11) is 1.66. The third kappa shape index (κ3) is 4.55. The van der Waals surface area contributed by atoms with Crippen LogP contribution in [0, 0.1) is 0 Å². The molecule has 0 radical (unpaired) electrons. The molecule has 0 saturated carbocycles. The lowest BCUT2D eigenvalue weighted by Gasteiger charge is -2.24. The number of carbonyl (C=O) groups excluding carboxylic acids is 1. The van der Waals surface area contributed by atoms with Crippen molar-refractivity contribution in [3.8, 4) is 11.5 Å². The van der Waals surface area contributed by atoms with Gasteiger partial charge in [-0.1, -0.05) is 18.3 Å². The molecular formula is C18H18N6O5S. The molecule has 3 rings (SSSR count). The van der Waals surface area contributed by atoms with Gasteiger partial charge in [0.15, 0.2) is 11.5 Å². The summed E-state index contributed by atoms with van der Waals surface area (Å²) >= 11 is 1.12. The zero-order chi connectivity index (χ0) is 21.8. The lowest BCUT2D eigenvalue weighted by molar-refractivity contribution is -0.131. The zero-order valence-electron chi connectivity index (χ0n) is 15.7. The van der Waals surface area contributed by atoms with Crippen molar-refractivity contribution in [3.05, 3.63) is 59.7 Å². The summed E-state index contributed by atoms with van der Waals surface area (Å²) in [5, 5.41) is 23.6. The number of phenols is 1. The van der Waals surface area contributed by atoms with Crippen LogP contribution in [0.25, 0.3) is 0 Å². The van der Waals surface area contributed by atoms with E-state index in [9.17, 15) is 14.7 Å². The molecule has 11 nitrogen and oxygen atoms in total. The first kappa shape index (κ1) is 20.8. The highest BCUT2D eigenvalue weighted by Gasteiger charge is 2.34. The molecule has 0 bridgehead atoms. The first-order chi connectivity index (χ1) is 14.3. The van der Waals surface area contributed by atoms with Crippen LogP contribution >= 0.6 is 11.8 Å². The van der Waals surface area contributed by atoms with Gasteiger partial charge in [-0.25, -0.2) is 19.6 Å². The standard InChI is InChI=1S/C18H18N6O5S/c1-9(16(26)29-13-7-10(19)3-4-12(13)25)24-8-14(23-18(27)28)30-15(24)11-5-6-21-17(20-2)22-11/h3-8,15,23,25H,1,19H2,2H3,(H,27,28)(H,20,21,22)/t15-/m0/s1. The minimum atomic E-state index is -1.26. The number of esters is 1. The second kappa shape index (κ2) is 8.61.